The maximum atomic E-state index is 11.9. The van der Waals surface area contributed by atoms with Gasteiger partial charge in [0.05, 0.1) is 0 Å². The molecule has 0 rings (SSSR count). The smallest absolute Gasteiger partial charge is 0.341 e. The fraction of sp³-hybridized carbons (Fsp3) is 0.625. The summed E-state index contributed by atoms with van der Waals surface area (Å²) in [6, 6.07) is -1.81. The van der Waals surface area contributed by atoms with Gasteiger partial charge in [-0.25, -0.2) is 0 Å². The first-order valence-electron chi connectivity index (χ1n) is 3.75. The lowest BCUT2D eigenvalue weighted by atomic mass is 10.3. The zero-order chi connectivity index (χ0) is 10.6. The van der Waals surface area contributed by atoms with E-state index in [0.29, 0.717) is 5.57 Å². The second-order valence-corrected chi connectivity index (χ2v) is 2.99. The van der Waals surface area contributed by atoms with E-state index in [1.807, 2.05) is 5.32 Å². The number of alkyl halides is 3. The van der Waals surface area contributed by atoms with Crippen LogP contribution in [0.2, 0.25) is 0 Å². The Bertz CT molecular complexity index is 216. The van der Waals surface area contributed by atoms with Crippen molar-refractivity contribution in [3.05, 3.63) is 11.6 Å². The monoisotopic (exact) mass is 195 g/mol. The molecule has 1 N–H and O–H groups in total. The summed E-state index contributed by atoms with van der Waals surface area (Å²) in [5, 5.41) is 1.81. The van der Waals surface area contributed by atoms with Crippen LogP contribution >= 0.6 is 0 Å². The van der Waals surface area contributed by atoms with Crippen LogP contribution in [0.4, 0.5) is 13.2 Å². The molecule has 0 heterocycles. The number of hydrogen-bond donors (Lipinski definition) is 1. The van der Waals surface area contributed by atoms with Crippen LogP contribution in [0.5, 0.6) is 0 Å². The number of amides is 1. The number of allylic oxidation sites excluding steroid dienone is 1. The maximum Gasteiger partial charge on any atom is 0.408 e. The Labute approximate surface area is 74.8 Å². The van der Waals surface area contributed by atoms with Crippen molar-refractivity contribution >= 4 is 5.91 Å². The lowest BCUT2D eigenvalue weighted by Crippen LogP contribution is -2.42. The molecular weight excluding hydrogens is 183 g/mol. The number of halogens is 3. The van der Waals surface area contributed by atoms with Crippen molar-refractivity contribution in [1.29, 1.82) is 0 Å². The van der Waals surface area contributed by atoms with Gasteiger partial charge in [0.2, 0.25) is 5.91 Å². The second kappa shape index (κ2) is 4.30. The van der Waals surface area contributed by atoms with Gasteiger partial charge < -0.3 is 5.32 Å². The molecule has 76 valence electrons. The van der Waals surface area contributed by atoms with Crippen molar-refractivity contribution in [2.24, 2.45) is 0 Å². The molecule has 13 heavy (non-hydrogen) atoms. The molecule has 0 radical (unpaired) electrons. The molecule has 1 amide bonds. The zero-order valence-electron chi connectivity index (χ0n) is 7.70. The molecule has 0 aliphatic rings. The van der Waals surface area contributed by atoms with Gasteiger partial charge in [0.25, 0.3) is 0 Å². The summed E-state index contributed by atoms with van der Waals surface area (Å²) in [4.78, 5) is 10.8. The first-order chi connectivity index (χ1) is 5.73. The minimum Gasteiger partial charge on any atom is -0.341 e. The van der Waals surface area contributed by atoms with E-state index in [2.05, 4.69) is 0 Å². The lowest BCUT2D eigenvalue weighted by Gasteiger charge is -2.15. The van der Waals surface area contributed by atoms with Crippen molar-refractivity contribution in [1.82, 2.24) is 5.32 Å². The number of nitrogens with one attached hydrogen (secondary N) is 1. The standard InChI is InChI=1S/C8H12F3NO/c1-5(2)4-7(13)12-6(3)8(9,10)11/h4,6H,1-3H3,(H,12,13). The van der Waals surface area contributed by atoms with Crippen LogP contribution in [0.15, 0.2) is 11.6 Å². The van der Waals surface area contributed by atoms with Gasteiger partial charge in [0.1, 0.15) is 6.04 Å². The molecule has 0 saturated carbocycles. The molecule has 0 bridgehead atoms. The zero-order valence-corrected chi connectivity index (χ0v) is 7.70. The third-order valence-electron chi connectivity index (χ3n) is 1.27. The van der Waals surface area contributed by atoms with Crippen molar-refractivity contribution < 1.29 is 18.0 Å². The van der Waals surface area contributed by atoms with E-state index in [1.54, 1.807) is 13.8 Å². The third kappa shape index (κ3) is 5.27. The Morgan fingerprint density at radius 2 is 1.85 bits per heavy atom. The van der Waals surface area contributed by atoms with E-state index in [9.17, 15) is 18.0 Å². The van der Waals surface area contributed by atoms with Crippen molar-refractivity contribution in [3.63, 3.8) is 0 Å². The fourth-order valence-corrected chi connectivity index (χ4v) is 0.599. The Hall–Kier alpha value is -1.00. The largest absolute Gasteiger partial charge is 0.408 e. The highest BCUT2D eigenvalue weighted by atomic mass is 19.4. The molecule has 1 unspecified atom stereocenters. The highest BCUT2D eigenvalue weighted by Crippen LogP contribution is 2.19. The van der Waals surface area contributed by atoms with E-state index >= 15 is 0 Å². The van der Waals surface area contributed by atoms with Crippen LogP contribution in [0.25, 0.3) is 0 Å². The van der Waals surface area contributed by atoms with Crippen LogP contribution in [0.3, 0.4) is 0 Å². The Morgan fingerprint density at radius 3 is 2.15 bits per heavy atom. The lowest BCUT2D eigenvalue weighted by molar-refractivity contribution is -0.156. The molecule has 0 saturated heterocycles. The molecule has 0 aliphatic heterocycles. The fourth-order valence-electron chi connectivity index (χ4n) is 0.599. The van der Waals surface area contributed by atoms with Gasteiger partial charge in [-0.2, -0.15) is 13.2 Å². The van der Waals surface area contributed by atoms with Crippen LogP contribution in [-0.4, -0.2) is 18.1 Å². The summed E-state index contributed by atoms with van der Waals surface area (Å²) in [7, 11) is 0. The molecule has 0 fully saturated rings. The first kappa shape index (κ1) is 12.0. The normalized spacial score (nSPS) is 13.4. The minimum atomic E-state index is -4.38. The van der Waals surface area contributed by atoms with E-state index in [4.69, 9.17) is 0 Å². The topological polar surface area (TPSA) is 29.1 Å². The van der Waals surface area contributed by atoms with Crippen molar-refractivity contribution in [2.75, 3.05) is 0 Å². The van der Waals surface area contributed by atoms with Crippen molar-refractivity contribution in [2.45, 2.75) is 33.0 Å². The van der Waals surface area contributed by atoms with Crippen LogP contribution in [0.1, 0.15) is 20.8 Å². The summed E-state index contributed by atoms with van der Waals surface area (Å²) in [5.41, 5.74) is 0.659. The van der Waals surface area contributed by atoms with E-state index in [0.717, 1.165) is 13.0 Å². The summed E-state index contributed by atoms with van der Waals surface area (Å²) in [6.45, 7) is 4.17. The molecule has 1 atom stereocenters. The van der Waals surface area contributed by atoms with E-state index < -0.39 is 18.1 Å². The second-order valence-electron chi connectivity index (χ2n) is 2.99. The van der Waals surface area contributed by atoms with E-state index in [-0.39, 0.29) is 0 Å². The molecule has 0 aromatic carbocycles. The van der Waals surface area contributed by atoms with Gasteiger partial charge in [0.15, 0.2) is 0 Å². The highest BCUT2D eigenvalue weighted by molar-refractivity contribution is 5.88. The predicted molar refractivity (Wildman–Crippen MR) is 43.1 cm³/mol. The van der Waals surface area contributed by atoms with E-state index in [1.165, 1.54) is 0 Å². The number of carbonyl (C=O) groups excluding carboxylic acids is 1. The van der Waals surface area contributed by atoms with Crippen LogP contribution in [0, 0.1) is 0 Å². The van der Waals surface area contributed by atoms with Crippen LogP contribution < -0.4 is 5.32 Å². The molecular formula is C8H12F3NO. The maximum absolute atomic E-state index is 11.9. The highest BCUT2D eigenvalue weighted by Gasteiger charge is 2.36. The Balaban J connectivity index is 4.16. The van der Waals surface area contributed by atoms with Gasteiger partial charge in [-0.1, -0.05) is 5.57 Å². The third-order valence-corrected chi connectivity index (χ3v) is 1.27. The quantitative estimate of drug-likeness (QED) is 0.671. The Morgan fingerprint density at radius 1 is 1.38 bits per heavy atom. The number of carbonyl (C=O) groups is 1. The van der Waals surface area contributed by atoms with Gasteiger partial charge in [-0.3, -0.25) is 4.79 Å². The Kier molecular flexibility index (Phi) is 3.97. The SMILES string of the molecule is CC(C)=CC(=O)NC(C)C(F)(F)F. The number of hydrogen-bond acceptors (Lipinski definition) is 1. The summed E-state index contributed by atoms with van der Waals surface area (Å²) in [5.74, 6) is -0.718. The van der Waals surface area contributed by atoms with Gasteiger partial charge >= 0.3 is 6.18 Å². The summed E-state index contributed by atoms with van der Waals surface area (Å²) < 4.78 is 35.7. The van der Waals surface area contributed by atoms with Crippen LogP contribution in [-0.2, 0) is 4.79 Å². The number of rotatable bonds is 2. The van der Waals surface area contributed by atoms with Gasteiger partial charge in [-0.05, 0) is 20.8 Å². The first-order valence-corrected chi connectivity index (χ1v) is 3.75. The molecule has 0 spiro atoms. The molecule has 0 aliphatic carbocycles. The molecule has 5 heteroatoms. The van der Waals surface area contributed by atoms with Gasteiger partial charge in [0, 0.05) is 6.08 Å². The summed E-state index contributed by atoms with van der Waals surface area (Å²) >= 11 is 0. The molecule has 2 nitrogen and oxygen atoms in total. The summed E-state index contributed by atoms with van der Waals surface area (Å²) in [6.07, 6.45) is -3.26. The average molecular weight is 195 g/mol. The van der Waals surface area contributed by atoms with Gasteiger partial charge in [-0.15, -0.1) is 0 Å². The molecule has 0 aromatic heterocycles. The molecule has 0 aromatic rings. The average Bonchev–Trinajstić information content (AvgIpc) is 1.82. The predicted octanol–water partition coefficient (Wildman–Crippen LogP) is 2.02. The van der Waals surface area contributed by atoms with Crippen molar-refractivity contribution in [3.8, 4) is 0 Å². The minimum absolute atomic E-state index is 0.659.